The fourth-order valence-electron chi connectivity index (χ4n) is 7.34. The highest BCUT2D eigenvalue weighted by Crippen LogP contribution is 2.47. The molecule has 9 rings (SSSR count). The van der Waals surface area contributed by atoms with Crippen molar-refractivity contribution in [2.75, 3.05) is 4.90 Å². The molecule has 0 bridgehead atoms. The Morgan fingerprint density at radius 3 is 2.16 bits per heavy atom. The van der Waals surface area contributed by atoms with Crippen LogP contribution < -0.4 is 4.90 Å². The van der Waals surface area contributed by atoms with E-state index in [1.54, 1.807) is 0 Å². The maximum Gasteiger partial charge on any atom is 0.143 e. The number of nitrogens with zero attached hydrogens (tertiary/aromatic N) is 1. The van der Waals surface area contributed by atoms with Crippen molar-refractivity contribution in [1.82, 2.24) is 0 Å². The zero-order chi connectivity index (χ0) is 32.7. The van der Waals surface area contributed by atoms with Gasteiger partial charge < -0.3 is 14.4 Å². The molecule has 1 aliphatic rings. The lowest BCUT2D eigenvalue weighted by Crippen LogP contribution is -2.11. The summed E-state index contributed by atoms with van der Waals surface area (Å²) in [6, 6.07) is 54.5. The van der Waals surface area contributed by atoms with Gasteiger partial charge in [0.1, 0.15) is 16.9 Å². The molecule has 1 N–H and O–H groups in total. The van der Waals surface area contributed by atoms with Gasteiger partial charge in [-0.05, 0) is 75.9 Å². The SMILES string of the molecule is Oc1c(C2C=CC=C(c3ccccc3)C2)cccc1N(c1cccc(-c2ccccc2)c1)c1ccc2c(c1)oc1ccc3ccccc3c12. The van der Waals surface area contributed by atoms with Gasteiger partial charge in [0, 0.05) is 34.0 Å². The van der Waals surface area contributed by atoms with E-state index in [0.717, 1.165) is 56.4 Å². The Morgan fingerprint density at radius 2 is 1.31 bits per heavy atom. The molecule has 0 spiro atoms. The first kappa shape index (κ1) is 28.9. The van der Waals surface area contributed by atoms with Crippen LogP contribution >= 0.6 is 0 Å². The number of fused-ring (bicyclic) bond motifs is 5. The molecule has 0 fully saturated rings. The van der Waals surface area contributed by atoms with Crippen molar-refractivity contribution in [1.29, 1.82) is 0 Å². The van der Waals surface area contributed by atoms with E-state index >= 15 is 0 Å². The van der Waals surface area contributed by atoms with Gasteiger partial charge in [0.05, 0.1) is 11.4 Å². The van der Waals surface area contributed by atoms with Crippen molar-refractivity contribution in [3.8, 4) is 16.9 Å². The summed E-state index contributed by atoms with van der Waals surface area (Å²) in [5.74, 6) is 0.302. The van der Waals surface area contributed by atoms with Crippen molar-refractivity contribution in [2.24, 2.45) is 0 Å². The Bertz CT molecular complexity index is 2540. The Kier molecular flexibility index (Phi) is 7.09. The van der Waals surface area contributed by atoms with Gasteiger partial charge in [-0.25, -0.2) is 0 Å². The summed E-state index contributed by atoms with van der Waals surface area (Å²) in [5.41, 5.74) is 9.82. The van der Waals surface area contributed by atoms with E-state index in [0.29, 0.717) is 5.69 Å². The van der Waals surface area contributed by atoms with Gasteiger partial charge in [-0.3, -0.25) is 0 Å². The van der Waals surface area contributed by atoms with E-state index in [4.69, 9.17) is 4.42 Å². The summed E-state index contributed by atoms with van der Waals surface area (Å²) in [6.45, 7) is 0. The molecular weight excluding hydrogens is 599 g/mol. The topological polar surface area (TPSA) is 36.6 Å². The van der Waals surface area contributed by atoms with Crippen LogP contribution in [-0.4, -0.2) is 5.11 Å². The quantitative estimate of drug-likeness (QED) is 0.198. The Morgan fingerprint density at radius 1 is 0.571 bits per heavy atom. The average molecular weight is 632 g/mol. The summed E-state index contributed by atoms with van der Waals surface area (Å²) in [6.07, 6.45) is 7.29. The predicted octanol–water partition coefficient (Wildman–Crippen LogP) is 12.7. The van der Waals surface area contributed by atoms with E-state index in [1.165, 1.54) is 21.9 Å². The number of anilines is 3. The van der Waals surface area contributed by atoms with E-state index in [9.17, 15) is 5.11 Å². The molecule has 1 heterocycles. The van der Waals surface area contributed by atoms with Gasteiger partial charge in [0.15, 0.2) is 0 Å². The summed E-state index contributed by atoms with van der Waals surface area (Å²) in [5, 5.41) is 16.8. The smallest absolute Gasteiger partial charge is 0.143 e. The van der Waals surface area contributed by atoms with E-state index < -0.39 is 0 Å². The van der Waals surface area contributed by atoms with Crippen LogP contribution in [0.1, 0.15) is 23.5 Å². The number of furan rings is 1. The van der Waals surface area contributed by atoms with Gasteiger partial charge in [0.2, 0.25) is 0 Å². The van der Waals surface area contributed by atoms with E-state index in [2.05, 4.69) is 157 Å². The number of rotatable bonds is 6. The van der Waals surface area contributed by atoms with Crippen LogP contribution in [0.3, 0.4) is 0 Å². The molecule has 8 aromatic rings. The Labute approximate surface area is 285 Å². The number of aromatic hydroxyl groups is 1. The summed E-state index contributed by atoms with van der Waals surface area (Å²) in [7, 11) is 0. The average Bonchev–Trinajstić information content (AvgIpc) is 3.55. The van der Waals surface area contributed by atoms with Gasteiger partial charge >= 0.3 is 0 Å². The van der Waals surface area contributed by atoms with Crippen LogP contribution in [0.25, 0.3) is 49.4 Å². The number of para-hydroxylation sites is 1. The van der Waals surface area contributed by atoms with Gasteiger partial charge in [-0.2, -0.15) is 0 Å². The van der Waals surface area contributed by atoms with Crippen molar-refractivity contribution >= 4 is 55.3 Å². The zero-order valence-electron chi connectivity index (χ0n) is 26.8. The third-order valence-corrected chi connectivity index (χ3v) is 9.73. The molecule has 0 aliphatic heterocycles. The molecular formula is C46H33NO2. The molecule has 7 aromatic carbocycles. The summed E-state index contributed by atoms with van der Waals surface area (Å²) in [4.78, 5) is 2.15. The van der Waals surface area contributed by atoms with Crippen molar-refractivity contribution < 1.29 is 9.52 Å². The predicted molar refractivity (Wildman–Crippen MR) is 204 cm³/mol. The molecule has 1 atom stereocenters. The first-order valence-corrected chi connectivity index (χ1v) is 16.8. The standard InChI is InChI=1S/C46H33NO2/c48-46-40(36-19-9-17-34(28-36)31-12-3-1-4-13-31)22-11-23-42(46)47(37-20-10-18-35(29-37)32-14-5-2-6-15-32)38-25-26-41-44(30-38)49-43-27-24-33-16-7-8-21-39(33)45(41)43/h1-27,29-30,36,48H,28H2. The number of hydrogen-bond donors (Lipinski definition) is 1. The zero-order valence-corrected chi connectivity index (χ0v) is 26.8. The highest BCUT2D eigenvalue weighted by molar-refractivity contribution is 6.19. The second kappa shape index (κ2) is 12.0. The number of hydrogen-bond acceptors (Lipinski definition) is 3. The van der Waals surface area contributed by atoms with Crippen molar-refractivity contribution in [3.63, 3.8) is 0 Å². The van der Waals surface area contributed by atoms with Crippen LogP contribution in [0.15, 0.2) is 180 Å². The van der Waals surface area contributed by atoms with Crippen LogP contribution in [0.2, 0.25) is 0 Å². The molecule has 3 nitrogen and oxygen atoms in total. The molecule has 49 heavy (non-hydrogen) atoms. The summed E-state index contributed by atoms with van der Waals surface area (Å²) < 4.78 is 6.51. The highest BCUT2D eigenvalue weighted by Gasteiger charge is 2.24. The second-order valence-electron chi connectivity index (χ2n) is 12.7. The molecule has 0 saturated heterocycles. The van der Waals surface area contributed by atoms with E-state index in [-0.39, 0.29) is 11.7 Å². The van der Waals surface area contributed by atoms with Crippen molar-refractivity contribution in [2.45, 2.75) is 12.3 Å². The number of phenols is 1. The molecule has 1 aliphatic carbocycles. The molecule has 234 valence electrons. The molecule has 1 unspecified atom stereocenters. The maximum atomic E-state index is 12.2. The number of allylic oxidation sites excluding steroid dienone is 4. The van der Waals surface area contributed by atoms with Crippen LogP contribution in [-0.2, 0) is 0 Å². The number of phenolic OH excluding ortho intramolecular Hbond substituents is 1. The molecule has 1 aromatic heterocycles. The lowest BCUT2D eigenvalue weighted by Gasteiger charge is -2.29. The van der Waals surface area contributed by atoms with Crippen LogP contribution in [0.5, 0.6) is 5.75 Å². The third kappa shape index (κ3) is 5.17. The van der Waals surface area contributed by atoms with Crippen LogP contribution in [0.4, 0.5) is 17.1 Å². The lowest BCUT2D eigenvalue weighted by atomic mass is 9.85. The van der Waals surface area contributed by atoms with Gasteiger partial charge in [0.25, 0.3) is 0 Å². The highest BCUT2D eigenvalue weighted by atomic mass is 16.3. The number of benzene rings is 7. The molecule has 0 saturated carbocycles. The Balaban J connectivity index is 1.19. The van der Waals surface area contributed by atoms with Gasteiger partial charge in [-0.1, -0.05) is 133 Å². The fourth-order valence-corrected chi connectivity index (χ4v) is 7.34. The molecule has 0 radical (unpaired) electrons. The van der Waals surface area contributed by atoms with Gasteiger partial charge in [-0.15, -0.1) is 0 Å². The normalized spacial score (nSPS) is 14.4. The second-order valence-corrected chi connectivity index (χ2v) is 12.7. The summed E-state index contributed by atoms with van der Waals surface area (Å²) >= 11 is 0. The largest absolute Gasteiger partial charge is 0.505 e. The maximum absolute atomic E-state index is 12.2. The fraction of sp³-hybridized carbons (Fsp3) is 0.0435. The third-order valence-electron chi connectivity index (χ3n) is 9.73. The Hall–Kier alpha value is -6.32. The molecule has 3 heteroatoms. The minimum atomic E-state index is 0.0313. The van der Waals surface area contributed by atoms with Crippen LogP contribution in [0, 0.1) is 0 Å². The monoisotopic (exact) mass is 631 g/mol. The molecule has 0 amide bonds. The minimum Gasteiger partial charge on any atom is -0.505 e. The first-order chi connectivity index (χ1) is 24.2. The lowest BCUT2D eigenvalue weighted by molar-refractivity contribution is 0.467. The van der Waals surface area contributed by atoms with E-state index in [1.807, 2.05) is 24.3 Å². The minimum absolute atomic E-state index is 0.0313. The van der Waals surface area contributed by atoms with Crippen molar-refractivity contribution in [3.05, 3.63) is 187 Å². The first-order valence-electron chi connectivity index (χ1n) is 16.8.